The molecular formula is C18H24ClNO2. The van der Waals surface area contributed by atoms with Crippen LogP contribution in [-0.4, -0.2) is 22.7 Å². The van der Waals surface area contributed by atoms with Crippen molar-refractivity contribution in [1.29, 1.82) is 0 Å². The molecule has 0 saturated carbocycles. The van der Waals surface area contributed by atoms with Gasteiger partial charge < -0.3 is 10.0 Å². The van der Waals surface area contributed by atoms with Gasteiger partial charge in [-0.1, -0.05) is 37.4 Å². The standard InChI is InChI=1S/C18H24ClNO2/c1-5-6-7-16(17(21)22)20-15-9-8-13(19)10-14(15)12(2)11-18(20,3)4/h8-11,16H,5-7H2,1-4H3,(H,21,22)/t16-/m0/s1. The van der Waals surface area contributed by atoms with E-state index in [1.165, 1.54) is 0 Å². The summed E-state index contributed by atoms with van der Waals surface area (Å²) in [6.45, 7) is 8.26. The molecule has 1 heterocycles. The topological polar surface area (TPSA) is 40.5 Å². The van der Waals surface area contributed by atoms with E-state index in [-0.39, 0.29) is 5.54 Å². The summed E-state index contributed by atoms with van der Waals surface area (Å²) >= 11 is 6.12. The monoisotopic (exact) mass is 321 g/mol. The lowest BCUT2D eigenvalue weighted by atomic mass is 9.86. The first-order chi connectivity index (χ1) is 10.3. The van der Waals surface area contributed by atoms with Gasteiger partial charge in [0.1, 0.15) is 6.04 Å². The average Bonchev–Trinajstić information content (AvgIpc) is 2.41. The zero-order valence-corrected chi connectivity index (χ0v) is 14.4. The molecule has 0 radical (unpaired) electrons. The van der Waals surface area contributed by atoms with Crippen molar-refractivity contribution in [2.45, 2.75) is 58.5 Å². The molecular weight excluding hydrogens is 298 g/mol. The first-order valence-corrected chi connectivity index (χ1v) is 8.17. The fraction of sp³-hybridized carbons (Fsp3) is 0.500. The molecule has 1 atom stereocenters. The maximum absolute atomic E-state index is 11.9. The predicted molar refractivity (Wildman–Crippen MR) is 92.6 cm³/mol. The van der Waals surface area contributed by atoms with E-state index in [0.29, 0.717) is 11.4 Å². The van der Waals surface area contributed by atoms with Crippen LogP contribution in [0.15, 0.2) is 24.3 Å². The number of anilines is 1. The summed E-state index contributed by atoms with van der Waals surface area (Å²) in [5.74, 6) is -0.768. The second-order valence-corrected chi connectivity index (χ2v) is 6.95. The van der Waals surface area contributed by atoms with Crippen LogP contribution in [0.25, 0.3) is 5.57 Å². The molecule has 0 aliphatic carbocycles. The Morgan fingerprint density at radius 3 is 2.68 bits per heavy atom. The highest BCUT2D eigenvalue weighted by Gasteiger charge is 2.38. The highest BCUT2D eigenvalue weighted by Crippen LogP contribution is 2.42. The fourth-order valence-corrected chi connectivity index (χ4v) is 3.52. The minimum Gasteiger partial charge on any atom is -0.480 e. The Labute approximate surface area is 137 Å². The summed E-state index contributed by atoms with van der Waals surface area (Å²) in [6.07, 6.45) is 4.66. The summed E-state index contributed by atoms with van der Waals surface area (Å²) in [4.78, 5) is 13.9. The van der Waals surface area contributed by atoms with Gasteiger partial charge in [0.05, 0.1) is 5.54 Å². The number of hydrogen-bond acceptors (Lipinski definition) is 2. The summed E-state index contributed by atoms with van der Waals surface area (Å²) in [7, 11) is 0. The Kier molecular flexibility index (Phi) is 4.86. The molecule has 22 heavy (non-hydrogen) atoms. The predicted octanol–water partition coefficient (Wildman–Crippen LogP) is 4.99. The molecule has 4 heteroatoms. The molecule has 1 aromatic rings. The van der Waals surface area contributed by atoms with Crippen LogP contribution in [0.5, 0.6) is 0 Å². The number of allylic oxidation sites excluding steroid dienone is 1. The first kappa shape index (κ1) is 16.9. The largest absolute Gasteiger partial charge is 0.480 e. The molecule has 0 aromatic heterocycles. The Balaban J connectivity index is 2.55. The van der Waals surface area contributed by atoms with E-state index in [4.69, 9.17) is 11.6 Å². The van der Waals surface area contributed by atoms with Gasteiger partial charge in [0.2, 0.25) is 0 Å². The number of hydrogen-bond donors (Lipinski definition) is 1. The van der Waals surface area contributed by atoms with E-state index in [9.17, 15) is 9.90 Å². The number of carboxylic acid groups (broad SMARTS) is 1. The smallest absolute Gasteiger partial charge is 0.326 e. The minimum atomic E-state index is -0.768. The molecule has 0 fully saturated rings. The second-order valence-electron chi connectivity index (χ2n) is 6.51. The molecule has 3 nitrogen and oxygen atoms in total. The summed E-state index contributed by atoms with van der Waals surface area (Å²) in [5.41, 5.74) is 2.77. The fourth-order valence-electron chi connectivity index (χ4n) is 3.35. The molecule has 120 valence electrons. The van der Waals surface area contributed by atoms with Gasteiger partial charge in [-0.25, -0.2) is 4.79 Å². The zero-order chi connectivity index (χ0) is 16.5. The molecule has 0 unspecified atom stereocenters. The van der Waals surface area contributed by atoms with Gasteiger partial charge in [-0.05, 0) is 51.0 Å². The average molecular weight is 322 g/mol. The van der Waals surface area contributed by atoms with E-state index in [1.54, 1.807) is 0 Å². The van der Waals surface area contributed by atoms with E-state index in [2.05, 4.69) is 33.8 Å². The second kappa shape index (κ2) is 6.33. The van der Waals surface area contributed by atoms with Crippen molar-refractivity contribution in [1.82, 2.24) is 0 Å². The normalized spacial score (nSPS) is 17.7. The van der Waals surface area contributed by atoms with Crippen LogP contribution in [0.2, 0.25) is 5.02 Å². The van der Waals surface area contributed by atoms with Gasteiger partial charge in [-0.2, -0.15) is 0 Å². The van der Waals surface area contributed by atoms with Crippen LogP contribution in [0.1, 0.15) is 52.5 Å². The van der Waals surface area contributed by atoms with Crippen molar-refractivity contribution in [3.8, 4) is 0 Å². The van der Waals surface area contributed by atoms with Gasteiger partial charge in [0.25, 0.3) is 0 Å². The Bertz CT molecular complexity index is 607. The number of carbonyl (C=O) groups is 1. The maximum Gasteiger partial charge on any atom is 0.326 e. The number of nitrogens with zero attached hydrogens (tertiary/aromatic N) is 1. The van der Waals surface area contributed by atoms with Crippen LogP contribution in [-0.2, 0) is 4.79 Å². The highest BCUT2D eigenvalue weighted by atomic mass is 35.5. The molecule has 1 aliphatic heterocycles. The number of halogens is 1. The third-order valence-electron chi connectivity index (χ3n) is 4.26. The van der Waals surface area contributed by atoms with E-state index in [1.807, 2.05) is 23.1 Å². The third kappa shape index (κ3) is 3.14. The Hall–Kier alpha value is -1.48. The van der Waals surface area contributed by atoms with Crippen LogP contribution < -0.4 is 4.90 Å². The number of rotatable bonds is 5. The van der Waals surface area contributed by atoms with E-state index >= 15 is 0 Å². The zero-order valence-electron chi connectivity index (χ0n) is 13.7. The first-order valence-electron chi connectivity index (χ1n) is 7.79. The van der Waals surface area contributed by atoms with Crippen molar-refractivity contribution in [2.75, 3.05) is 4.90 Å². The number of benzene rings is 1. The van der Waals surface area contributed by atoms with Gasteiger partial charge in [-0.3, -0.25) is 0 Å². The van der Waals surface area contributed by atoms with Gasteiger partial charge in [-0.15, -0.1) is 0 Å². The van der Waals surface area contributed by atoms with Gasteiger partial charge >= 0.3 is 5.97 Å². The Morgan fingerprint density at radius 1 is 1.41 bits per heavy atom. The van der Waals surface area contributed by atoms with Crippen molar-refractivity contribution in [2.24, 2.45) is 0 Å². The van der Waals surface area contributed by atoms with E-state index in [0.717, 1.165) is 29.7 Å². The number of unbranched alkanes of at least 4 members (excludes halogenated alkanes) is 1. The molecule has 1 N–H and O–H groups in total. The molecule has 1 aliphatic rings. The summed E-state index contributed by atoms with van der Waals surface area (Å²) < 4.78 is 0. The van der Waals surface area contributed by atoms with Crippen LogP contribution in [0.4, 0.5) is 5.69 Å². The van der Waals surface area contributed by atoms with Crippen LogP contribution in [0, 0.1) is 0 Å². The molecule has 2 rings (SSSR count). The van der Waals surface area contributed by atoms with Crippen molar-refractivity contribution in [3.05, 3.63) is 34.9 Å². The van der Waals surface area contributed by atoms with E-state index < -0.39 is 12.0 Å². The highest BCUT2D eigenvalue weighted by molar-refractivity contribution is 6.30. The summed E-state index contributed by atoms with van der Waals surface area (Å²) in [5, 5.41) is 10.4. The lowest BCUT2D eigenvalue weighted by molar-refractivity contribution is -0.139. The minimum absolute atomic E-state index is 0.346. The number of fused-ring (bicyclic) bond motifs is 1. The van der Waals surface area contributed by atoms with Crippen LogP contribution >= 0.6 is 11.6 Å². The molecule has 0 amide bonds. The lowest BCUT2D eigenvalue weighted by Crippen LogP contribution is -2.54. The third-order valence-corrected chi connectivity index (χ3v) is 4.50. The Morgan fingerprint density at radius 2 is 2.09 bits per heavy atom. The lowest BCUT2D eigenvalue weighted by Gasteiger charge is -2.46. The van der Waals surface area contributed by atoms with Crippen LogP contribution in [0.3, 0.4) is 0 Å². The van der Waals surface area contributed by atoms with Gasteiger partial charge in [0, 0.05) is 16.3 Å². The van der Waals surface area contributed by atoms with Crippen molar-refractivity contribution in [3.63, 3.8) is 0 Å². The molecule has 0 spiro atoms. The van der Waals surface area contributed by atoms with Crippen molar-refractivity contribution < 1.29 is 9.90 Å². The quantitative estimate of drug-likeness (QED) is 0.831. The number of aliphatic carboxylic acids is 1. The van der Waals surface area contributed by atoms with Gasteiger partial charge in [0.15, 0.2) is 0 Å². The molecule has 0 saturated heterocycles. The molecule has 0 bridgehead atoms. The molecule has 1 aromatic carbocycles. The summed E-state index contributed by atoms with van der Waals surface area (Å²) in [6, 6.07) is 5.17. The van der Waals surface area contributed by atoms with Crippen molar-refractivity contribution >= 4 is 28.8 Å². The maximum atomic E-state index is 11.9. The SMILES string of the molecule is CCCC[C@@H](C(=O)O)N1c2ccc(Cl)cc2C(C)=CC1(C)C. The number of carboxylic acids is 1.